The Labute approximate surface area is 455 Å². The Morgan fingerprint density at radius 3 is 0.821 bits per heavy atom. The Kier molecular flexibility index (Phi) is 9.60. The van der Waals surface area contributed by atoms with Gasteiger partial charge in [-0.25, -0.2) is 0 Å². The Bertz CT molecular complexity index is 4160. The van der Waals surface area contributed by atoms with Crippen LogP contribution in [0.15, 0.2) is 267 Å². The van der Waals surface area contributed by atoms with Crippen LogP contribution in [0.1, 0.15) is 55.6 Å². The van der Waals surface area contributed by atoms with Gasteiger partial charge in [-0.15, -0.1) is 0 Å². The minimum absolute atomic E-state index is 0.803. The molecule has 0 saturated heterocycles. The zero-order valence-electron chi connectivity index (χ0n) is 43.1. The van der Waals surface area contributed by atoms with Gasteiger partial charge in [0, 0.05) is 31.8 Å². The molecule has 0 N–H and O–H groups in total. The molecule has 2 spiro atoms. The quantitative estimate of drug-likeness (QED) is 0.156. The zero-order valence-corrected chi connectivity index (χ0v) is 44.9. The van der Waals surface area contributed by atoms with Crippen molar-refractivity contribution in [2.45, 2.75) is 24.7 Å². The average Bonchev–Trinajstić information content (AvgIpc) is 2.19. The van der Waals surface area contributed by atoms with Crippen LogP contribution in [-0.2, 0) is 20.0 Å². The normalized spacial score (nSPS) is 14.3. The van der Waals surface area contributed by atoms with Crippen LogP contribution in [0.3, 0.4) is 0 Å². The standard InChI is InChI=1S/C74H50O2P2/c1-47-43-61-62(44-48(47)2)70-60-42-40-54(78(76,51-27-11-5-12-28-51)52-29-13-6-14-30-52)46-68(60)74(65-37-21-17-33-57(65)58-34-18-22-38-66(58)74)72(70)71-69(61)59-41-39-53(77(75,49-23-7-3-8-24-49)50-25-9-4-10-26-50)45-67(59)73(71)63-35-19-15-31-55(63)56-32-16-20-36-64(56)73/h3-46H,1-2H3. The highest BCUT2D eigenvalue weighted by molar-refractivity contribution is 7.85. The van der Waals surface area contributed by atoms with Crippen molar-refractivity contribution in [1.29, 1.82) is 0 Å². The van der Waals surface area contributed by atoms with Crippen LogP contribution in [0.5, 0.6) is 0 Å². The van der Waals surface area contributed by atoms with Crippen molar-refractivity contribution in [2.75, 3.05) is 0 Å². The van der Waals surface area contributed by atoms with E-state index in [-0.39, 0.29) is 0 Å². The highest BCUT2D eigenvalue weighted by Crippen LogP contribution is 2.72. The summed E-state index contributed by atoms with van der Waals surface area (Å²) in [4.78, 5) is 0. The molecule has 0 atom stereocenters. The molecule has 4 aliphatic rings. The van der Waals surface area contributed by atoms with Crippen molar-refractivity contribution >= 4 is 56.9 Å². The van der Waals surface area contributed by atoms with Crippen molar-refractivity contribution in [2.24, 2.45) is 0 Å². The van der Waals surface area contributed by atoms with Gasteiger partial charge in [-0.2, -0.15) is 0 Å². The van der Waals surface area contributed by atoms with Crippen LogP contribution < -0.4 is 31.8 Å². The molecule has 0 unspecified atom stereocenters. The largest absolute Gasteiger partial charge is 0.309 e. The van der Waals surface area contributed by atoms with Crippen LogP contribution in [0, 0.1) is 13.8 Å². The van der Waals surface area contributed by atoms with Crippen LogP contribution in [0.2, 0.25) is 0 Å². The van der Waals surface area contributed by atoms with Gasteiger partial charge in [0.2, 0.25) is 0 Å². The summed E-state index contributed by atoms with van der Waals surface area (Å²) in [6, 6.07) is 95.3. The first kappa shape index (κ1) is 45.5. The first-order valence-corrected chi connectivity index (χ1v) is 30.5. The van der Waals surface area contributed by atoms with Crippen LogP contribution in [0.25, 0.3) is 55.3 Å². The second kappa shape index (κ2) is 16.4. The summed E-state index contributed by atoms with van der Waals surface area (Å²) in [5, 5.41) is 7.21. The second-order valence-corrected chi connectivity index (χ2v) is 27.2. The molecule has 2 nitrogen and oxygen atoms in total. The highest BCUT2D eigenvalue weighted by atomic mass is 31.2. The molecule has 16 rings (SSSR count). The summed E-state index contributed by atoms with van der Waals surface area (Å²) in [7, 11) is -6.94. The lowest BCUT2D eigenvalue weighted by molar-refractivity contribution is 0.591. The first-order valence-electron chi connectivity index (χ1n) is 27.0. The maximum absolute atomic E-state index is 16.8. The summed E-state index contributed by atoms with van der Waals surface area (Å²) >= 11 is 0. The Hall–Kier alpha value is -8.64. The molecule has 0 bridgehead atoms. The third kappa shape index (κ3) is 5.64. The molecule has 0 saturated carbocycles. The Balaban J connectivity index is 1.12. The lowest BCUT2D eigenvalue weighted by Crippen LogP contribution is -2.34. The van der Waals surface area contributed by atoms with Crippen LogP contribution >= 0.6 is 14.3 Å². The summed E-state index contributed by atoms with van der Waals surface area (Å²) < 4.78 is 33.6. The van der Waals surface area contributed by atoms with E-state index in [1.54, 1.807) is 0 Å². The highest BCUT2D eigenvalue weighted by Gasteiger charge is 2.61. The van der Waals surface area contributed by atoms with Gasteiger partial charge >= 0.3 is 0 Å². The van der Waals surface area contributed by atoms with Gasteiger partial charge in [0.15, 0.2) is 14.3 Å². The fourth-order valence-electron chi connectivity index (χ4n) is 14.9. The van der Waals surface area contributed by atoms with Crippen LogP contribution in [-0.4, -0.2) is 0 Å². The molecular weight excluding hydrogens is 983 g/mol. The summed E-state index contributed by atoms with van der Waals surface area (Å²) in [5.74, 6) is 0. The predicted octanol–water partition coefficient (Wildman–Crippen LogP) is 15.4. The molecule has 0 aliphatic heterocycles. The van der Waals surface area contributed by atoms with E-state index in [4.69, 9.17) is 0 Å². The van der Waals surface area contributed by atoms with E-state index < -0.39 is 25.1 Å². The van der Waals surface area contributed by atoms with E-state index in [0.717, 1.165) is 54.1 Å². The molecule has 12 aromatic carbocycles. The van der Waals surface area contributed by atoms with Crippen molar-refractivity contribution in [3.63, 3.8) is 0 Å². The number of hydrogen-bond donors (Lipinski definition) is 0. The van der Waals surface area contributed by atoms with E-state index in [1.807, 2.05) is 121 Å². The summed E-state index contributed by atoms with van der Waals surface area (Å²) in [6.07, 6.45) is 0. The molecule has 0 aromatic heterocycles. The van der Waals surface area contributed by atoms with Crippen molar-refractivity contribution < 1.29 is 9.13 Å². The third-order valence-corrected chi connectivity index (χ3v) is 24.2. The molecule has 0 heterocycles. The zero-order chi connectivity index (χ0) is 52.1. The third-order valence-electron chi connectivity index (χ3n) is 18.1. The molecule has 4 heteroatoms. The van der Waals surface area contributed by atoms with E-state index in [2.05, 4.69) is 159 Å². The maximum atomic E-state index is 16.8. The molecule has 368 valence electrons. The predicted molar refractivity (Wildman–Crippen MR) is 325 cm³/mol. The topological polar surface area (TPSA) is 34.1 Å². The molecule has 0 amide bonds. The van der Waals surface area contributed by atoms with E-state index in [0.29, 0.717) is 0 Å². The van der Waals surface area contributed by atoms with Gasteiger partial charge in [-0.1, -0.05) is 255 Å². The Morgan fingerprint density at radius 1 is 0.256 bits per heavy atom. The van der Waals surface area contributed by atoms with Crippen molar-refractivity contribution in [1.82, 2.24) is 0 Å². The number of benzene rings is 12. The molecule has 4 aliphatic carbocycles. The average molecular weight is 1030 g/mol. The summed E-state index contributed by atoms with van der Waals surface area (Å²) in [6.45, 7) is 4.49. The number of aryl methyl sites for hydroxylation is 2. The minimum Gasteiger partial charge on any atom is -0.309 e. The molecular formula is C74H50O2P2. The monoisotopic (exact) mass is 1030 g/mol. The minimum atomic E-state index is -3.47. The van der Waals surface area contributed by atoms with E-state index >= 15 is 9.13 Å². The number of fused-ring (bicyclic) bond motifs is 24. The second-order valence-electron chi connectivity index (χ2n) is 21.7. The van der Waals surface area contributed by atoms with Crippen molar-refractivity contribution in [3.8, 4) is 44.5 Å². The fourth-order valence-corrected chi connectivity index (χ4v) is 20.2. The van der Waals surface area contributed by atoms with Gasteiger partial charge in [-0.3, -0.25) is 0 Å². The van der Waals surface area contributed by atoms with Gasteiger partial charge in [0.1, 0.15) is 0 Å². The van der Waals surface area contributed by atoms with Crippen molar-refractivity contribution in [3.05, 3.63) is 323 Å². The lowest BCUT2D eigenvalue weighted by atomic mass is 9.62. The number of hydrogen-bond acceptors (Lipinski definition) is 2. The summed E-state index contributed by atoms with van der Waals surface area (Å²) in [5.41, 5.74) is 19.8. The van der Waals surface area contributed by atoms with Gasteiger partial charge in [0.05, 0.1) is 10.8 Å². The Morgan fingerprint density at radius 2 is 0.526 bits per heavy atom. The number of rotatable bonds is 6. The van der Waals surface area contributed by atoms with Crippen LogP contribution in [0.4, 0.5) is 0 Å². The lowest BCUT2D eigenvalue weighted by Gasteiger charge is -2.38. The SMILES string of the molecule is Cc1cc2c3c(c4c(c2cc1C)-c1ccc(P(=O)(c2ccccc2)c2ccccc2)cc1C41c2ccccc2-c2ccccc21)C1(c2ccccc2-c2ccccc21)c1cc(P(=O)(c2ccccc2)c2ccccc2)ccc1-3. The van der Waals surface area contributed by atoms with Gasteiger partial charge < -0.3 is 9.13 Å². The first-order chi connectivity index (χ1) is 38.3. The van der Waals surface area contributed by atoms with Gasteiger partial charge in [0.25, 0.3) is 0 Å². The maximum Gasteiger partial charge on any atom is 0.171 e. The molecule has 78 heavy (non-hydrogen) atoms. The molecule has 0 fully saturated rings. The molecule has 0 radical (unpaired) electrons. The van der Waals surface area contributed by atoms with E-state index in [9.17, 15) is 0 Å². The van der Waals surface area contributed by atoms with Gasteiger partial charge in [-0.05, 0) is 137 Å². The molecule has 12 aromatic rings. The van der Waals surface area contributed by atoms with E-state index in [1.165, 1.54) is 88.7 Å². The fraction of sp³-hybridized carbons (Fsp3) is 0.0541. The smallest absolute Gasteiger partial charge is 0.171 e.